The monoisotopic (exact) mass is 526 g/mol. The van der Waals surface area contributed by atoms with Crippen molar-refractivity contribution in [1.29, 1.82) is 0 Å². The number of carbonyl (C=O) groups excluding carboxylic acids is 3. The fraction of sp³-hybridized carbons (Fsp3) is 0.393. The molecule has 3 N–H and O–H groups in total. The molecule has 0 aliphatic carbocycles. The first-order valence-electron chi connectivity index (χ1n) is 12.6. The van der Waals surface area contributed by atoms with E-state index in [0.717, 1.165) is 23.8 Å². The standard InChI is InChI=1S/C28H32F2N4O4/c1-2-9-33-17-20(14-24(33)35)27(37)32-23(13-19-11-21(29)15-22(30)12-19)26(36)25-28(38)34(10-8-31-25)16-18-6-4-3-5-7-18/h2-7,11-12,15,20,23,25-26,31,36H,1,8-10,13-14,16-17H2,(H,32,37)/t20-,23-,25?,26-/m0/s1. The van der Waals surface area contributed by atoms with Crippen LogP contribution in [-0.2, 0) is 27.3 Å². The summed E-state index contributed by atoms with van der Waals surface area (Å²) in [6, 6.07) is 10.3. The van der Waals surface area contributed by atoms with E-state index in [0.29, 0.717) is 26.2 Å². The number of likely N-dealkylation sites (tertiary alicyclic amines) is 1. The van der Waals surface area contributed by atoms with E-state index in [2.05, 4.69) is 17.2 Å². The zero-order chi connectivity index (χ0) is 27.2. The Kier molecular flexibility index (Phi) is 8.85. The molecule has 4 atom stereocenters. The SMILES string of the molecule is C=CCN1C[C@@H](C(=O)N[C@@H](Cc2cc(F)cc(F)c2)[C@H](O)C2NCCN(Cc3ccccc3)C2=O)CC1=O. The van der Waals surface area contributed by atoms with Crippen molar-refractivity contribution in [3.8, 4) is 0 Å². The van der Waals surface area contributed by atoms with Gasteiger partial charge in [-0.25, -0.2) is 8.78 Å². The number of benzene rings is 2. The van der Waals surface area contributed by atoms with E-state index in [9.17, 15) is 28.3 Å². The normalized spacial score (nSPS) is 21.3. The van der Waals surface area contributed by atoms with Gasteiger partial charge in [0, 0.05) is 45.2 Å². The Morgan fingerprint density at radius 1 is 1.13 bits per heavy atom. The predicted molar refractivity (Wildman–Crippen MR) is 137 cm³/mol. The summed E-state index contributed by atoms with van der Waals surface area (Å²) in [5.41, 5.74) is 1.15. The van der Waals surface area contributed by atoms with Crippen molar-refractivity contribution < 1.29 is 28.3 Å². The summed E-state index contributed by atoms with van der Waals surface area (Å²) in [5, 5.41) is 17.2. The van der Waals surface area contributed by atoms with Gasteiger partial charge in [0.25, 0.3) is 0 Å². The van der Waals surface area contributed by atoms with E-state index in [-0.39, 0.29) is 36.8 Å². The number of halogens is 2. The minimum Gasteiger partial charge on any atom is -0.389 e. The minimum absolute atomic E-state index is 0.00252. The molecule has 4 rings (SSSR count). The highest BCUT2D eigenvalue weighted by atomic mass is 19.1. The fourth-order valence-electron chi connectivity index (χ4n) is 5.03. The lowest BCUT2D eigenvalue weighted by molar-refractivity contribution is -0.141. The van der Waals surface area contributed by atoms with Crippen molar-refractivity contribution >= 4 is 17.7 Å². The first kappa shape index (κ1) is 27.4. The average Bonchev–Trinajstić information content (AvgIpc) is 3.25. The quantitative estimate of drug-likeness (QED) is 0.406. The lowest BCUT2D eigenvalue weighted by Crippen LogP contribution is -2.64. The third-order valence-corrected chi connectivity index (χ3v) is 6.93. The number of hydrogen-bond donors (Lipinski definition) is 3. The van der Waals surface area contributed by atoms with Crippen LogP contribution >= 0.6 is 0 Å². The van der Waals surface area contributed by atoms with Gasteiger partial charge in [-0.15, -0.1) is 6.58 Å². The maximum absolute atomic E-state index is 13.9. The summed E-state index contributed by atoms with van der Waals surface area (Å²) in [7, 11) is 0. The van der Waals surface area contributed by atoms with Crippen LogP contribution in [0.25, 0.3) is 0 Å². The van der Waals surface area contributed by atoms with Gasteiger partial charge in [0.05, 0.1) is 18.1 Å². The van der Waals surface area contributed by atoms with E-state index in [1.807, 2.05) is 30.3 Å². The molecule has 2 saturated heterocycles. The zero-order valence-corrected chi connectivity index (χ0v) is 21.0. The molecule has 0 bridgehead atoms. The highest BCUT2D eigenvalue weighted by molar-refractivity contribution is 5.89. The molecular weight excluding hydrogens is 494 g/mol. The molecule has 0 aromatic heterocycles. The molecule has 10 heteroatoms. The predicted octanol–water partition coefficient (Wildman–Crippen LogP) is 1.39. The fourth-order valence-corrected chi connectivity index (χ4v) is 5.03. The molecule has 2 aromatic carbocycles. The number of amides is 3. The molecular formula is C28H32F2N4O4. The van der Waals surface area contributed by atoms with Gasteiger partial charge < -0.3 is 25.5 Å². The highest BCUT2D eigenvalue weighted by Crippen LogP contribution is 2.21. The molecule has 3 amide bonds. The largest absolute Gasteiger partial charge is 0.389 e. The minimum atomic E-state index is -1.40. The van der Waals surface area contributed by atoms with Crippen molar-refractivity contribution in [2.45, 2.75) is 37.6 Å². The van der Waals surface area contributed by atoms with Crippen LogP contribution in [-0.4, -0.2) is 77.0 Å². The first-order chi connectivity index (χ1) is 18.2. The summed E-state index contributed by atoms with van der Waals surface area (Å²) in [4.78, 5) is 41.9. The van der Waals surface area contributed by atoms with Crippen LogP contribution in [0.5, 0.6) is 0 Å². The summed E-state index contributed by atoms with van der Waals surface area (Å²) >= 11 is 0. The van der Waals surface area contributed by atoms with Crippen LogP contribution in [0.1, 0.15) is 17.5 Å². The molecule has 202 valence electrons. The Hall–Kier alpha value is -3.63. The third-order valence-electron chi connectivity index (χ3n) is 6.93. The number of aliphatic hydroxyl groups is 1. The molecule has 2 aromatic rings. The molecule has 2 aliphatic rings. The van der Waals surface area contributed by atoms with Gasteiger partial charge in [-0.2, -0.15) is 0 Å². The molecule has 1 unspecified atom stereocenters. The average molecular weight is 527 g/mol. The van der Waals surface area contributed by atoms with E-state index in [1.54, 1.807) is 11.0 Å². The second-order valence-electron chi connectivity index (χ2n) is 9.75. The lowest BCUT2D eigenvalue weighted by atomic mass is 9.93. The molecule has 2 heterocycles. The molecule has 2 fully saturated rings. The summed E-state index contributed by atoms with van der Waals surface area (Å²) in [6.07, 6.45) is 0.0496. The second-order valence-corrected chi connectivity index (χ2v) is 9.75. The third kappa shape index (κ3) is 6.62. The van der Waals surface area contributed by atoms with E-state index >= 15 is 0 Å². The van der Waals surface area contributed by atoms with Gasteiger partial charge >= 0.3 is 0 Å². The van der Waals surface area contributed by atoms with Crippen molar-refractivity contribution in [2.75, 3.05) is 26.2 Å². The van der Waals surface area contributed by atoms with Gasteiger partial charge in [0.15, 0.2) is 0 Å². The number of carbonyl (C=O) groups is 3. The molecule has 0 saturated carbocycles. The maximum atomic E-state index is 13.9. The van der Waals surface area contributed by atoms with Crippen molar-refractivity contribution in [2.24, 2.45) is 5.92 Å². The van der Waals surface area contributed by atoms with Crippen LogP contribution < -0.4 is 10.6 Å². The second kappa shape index (κ2) is 12.3. The Balaban J connectivity index is 1.52. The first-order valence-corrected chi connectivity index (χ1v) is 12.6. The smallest absolute Gasteiger partial charge is 0.242 e. The van der Waals surface area contributed by atoms with Crippen molar-refractivity contribution in [3.63, 3.8) is 0 Å². The van der Waals surface area contributed by atoms with Gasteiger partial charge in [-0.05, 0) is 29.7 Å². The lowest BCUT2D eigenvalue weighted by Gasteiger charge is -2.38. The molecule has 0 radical (unpaired) electrons. The Morgan fingerprint density at radius 2 is 1.84 bits per heavy atom. The molecule has 38 heavy (non-hydrogen) atoms. The number of hydrogen-bond acceptors (Lipinski definition) is 5. The van der Waals surface area contributed by atoms with E-state index in [1.165, 1.54) is 4.90 Å². The summed E-state index contributed by atoms with van der Waals surface area (Å²) in [5.74, 6) is -3.24. The number of nitrogens with one attached hydrogen (secondary N) is 2. The molecule has 2 aliphatic heterocycles. The van der Waals surface area contributed by atoms with Crippen LogP contribution in [0.3, 0.4) is 0 Å². The number of piperazine rings is 1. The van der Waals surface area contributed by atoms with Gasteiger partial charge in [0.1, 0.15) is 17.7 Å². The summed E-state index contributed by atoms with van der Waals surface area (Å²) < 4.78 is 27.8. The van der Waals surface area contributed by atoms with Gasteiger partial charge in [-0.1, -0.05) is 36.4 Å². The van der Waals surface area contributed by atoms with Crippen LogP contribution in [0.2, 0.25) is 0 Å². The van der Waals surface area contributed by atoms with Crippen LogP contribution in [0, 0.1) is 17.6 Å². The summed E-state index contributed by atoms with van der Waals surface area (Å²) in [6.45, 7) is 5.35. The van der Waals surface area contributed by atoms with E-state index in [4.69, 9.17) is 0 Å². The highest BCUT2D eigenvalue weighted by Gasteiger charge is 2.40. The Morgan fingerprint density at radius 3 is 2.53 bits per heavy atom. The van der Waals surface area contributed by atoms with Gasteiger partial charge in [-0.3, -0.25) is 14.4 Å². The molecule has 0 spiro atoms. The number of nitrogens with zero attached hydrogens (tertiary/aromatic N) is 2. The Bertz CT molecular complexity index is 1160. The molecule has 8 nitrogen and oxygen atoms in total. The van der Waals surface area contributed by atoms with Crippen molar-refractivity contribution in [3.05, 3.63) is 83.9 Å². The van der Waals surface area contributed by atoms with Crippen LogP contribution in [0.4, 0.5) is 8.78 Å². The topological polar surface area (TPSA) is 102 Å². The number of aliphatic hydroxyl groups excluding tert-OH is 1. The van der Waals surface area contributed by atoms with E-state index < -0.39 is 41.6 Å². The zero-order valence-electron chi connectivity index (χ0n) is 21.0. The Labute approximate surface area is 220 Å². The van der Waals surface area contributed by atoms with Crippen molar-refractivity contribution in [1.82, 2.24) is 20.4 Å². The maximum Gasteiger partial charge on any atom is 0.242 e. The van der Waals surface area contributed by atoms with Gasteiger partial charge in [0.2, 0.25) is 17.7 Å². The number of rotatable bonds is 10. The van der Waals surface area contributed by atoms with Crippen LogP contribution in [0.15, 0.2) is 61.2 Å².